The number of hydrogen-bond acceptors (Lipinski definition) is 3. The largest absolute Gasteiger partial charge is 0.343 e. The van der Waals surface area contributed by atoms with Crippen LogP contribution in [0.4, 0.5) is 4.39 Å². The molecule has 2 aromatic rings. The highest BCUT2D eigenvalue weighted by Crippen LogP contribution is 2.18. The van der Waals surface area contributed by atoms with Crippen LogP contribution in [0.3, 0.4) is 0 Å². The fourth-order valence-corrected chi connectivity index (χ4v) is 2.08. The van der Waals surface area contributed by atoms with E-state index < -0.39 is 17.6 Å². The molecule has 7 heteroatoms. The number of hydrazone groups is 1. The molecule has 0 fully saturated rings. The predicted molar refractivity (Wildman–Crippen MR) is 90.7 cm³/mol. The second-order valence-corrected chi connectivity index (χ2v) is 5.39. The molecule has 0 bridgehead atoms. The Morgan fingerprint density at radius 1 is 1.21 bits per heavy atom. The van der Waals surface area contributed by atoms with Gasteiger partial charge in [-0.2, -0.15) is 5.10 Å². The summed E-state index contributed by atoms with van der Waals surface area (Å²) in [6, 6.07) is 11.4. The maximum Gasteiger partial charge on any atom is 0.259 e. The molecule has 0 atom stereocenters. The Morgan fingerprint density at radius 2 is 1.92 bits per heavy atom. The van der Waals surface area contributed by atoms with Crippen molar-refractivity contribution in [2.45, 2.75) is 6.92 Å². The first kappa shape index (κ1) is 17.6. The van der Waals surface area contributed by atoms with Gasteiger partial charge in [0.15, 0.2) is 0 Å². The number of aryl methyl sites for hydroxylation is 1. The molecular weight excluding hydrogens is 333 g/mol. The Labute approximate surface area is 143 Å². The van der Waals surface area contributed by atoms with Gasteiger partial charge in [0.25, 0.3) is 11.8 Å². The molecule has 0 aliphatic rings. The number of rotatable bonds is 5. The maximum atomic E-state index is 13.6. The van der Waals surface area contributed by atoms with E-state index in [2.05, 4.69) is 15.8 Å². The minimum absolute atomic E-state index is 0.0229. The van der Waals surface area contributed by atoms with Crippen LogP contribution in [0.15, 0.2) is 47.6 Å². The quantitative estimate of drug-likeness (QED) is 0.645. The lowest BCUT2D eigenvalue weighted by Crippen LogP contribution is -2.35. The summed E-state index contributed by atoms with van der Waals surface area (Å²) >= 11 is 5.78. The van der Waals surface area contributed by atoms with Crippen molar-refractivity contribution in [3.8, 4) is 0 Å². The number of amides is 2. The number of hydrogen-bond donors (Lipinski definition) is 2. The highest BCUT2D eigenvalue weighted by atomic mass is 35.5. The Kier molecular flexibility index (Phi) is 6.03. The number of nitrogens with zero attached hydrogens (tertiary/aromatic N) is 1. The molecule has 0 aliphatic heterocycles. The number of halogens is 2. The van der Waals surface area contributed by atoms with E-state index in [4.69, 9.17) is 11.6 Å². The van der Waals surface area contributed by atoms with E-state index in [9.17, 15) is 14.0 Å². The van der Waals surface area contributed by atoms with Gasteiger partial charge in [0.1, 0.15) is 5.82 Å². The van der Waals surface area contributed by atoms with Gasteiger partial charge in [-0.05, 0) is 24.6 Å². The summed E-state index contributed by atoms with van der Waals surface area (Å²) in [6.07, 6.45) is 1.48. The van der Waals surface area contributed by atoms with Crippen molar-refractivity contribution < 1.29 is 14.0 Å². The molecule has 124 valence electrons. The average molecular weight is 348 g/mol. The fraction of sp³-hybridized carbons (Fsp3) is 0.118. The van der Waals surface area contributed by atoms with Gasteiger partial charge in [0, 0.05) is 0 Å². The van der Waals surface area contributed by atoms with Gasteiger partial charge in [-0.3, -0.25) is 9.59 Å². The smallest absolute Gasteiger partial charge is 0.259 e. The van der Waals surface area contributed by atoms with Crippen LogP contribution in [0.25, 0.3) is 0 Å². The van der Waals surface area contributed by atoms with E-state index >= 15 is 0 Å². The lowest BCUT2D eigenvalue weighted by molar-refractivity contribution is -0.120. The van der Waals surface area contributed by atoms with Gasteiger partial charge >= 0.3 is 0 Å². The zero-order valence-corrected chi connectivity index (χ0v) is 13.6. The summed E-state index contributed by atoms with van der Waals surface area (Å²) in [5, 5.41) is 6.05. The summed E-state index contributed by atoms with van der Waals surface area (Å²) in [5.41, 5.74) is 3.91. The third-order valence-electron chi connectivity index (χ3n) is 3.08. The van der Waals surface area contributed by atoms with Crippen molar-refractivity contribution in [3.05, 3.63) is 70.0 Å². The van der Waals surface area contributed by atoms with Crippen LogP contribution >= 0.6 is 11.6 Å². The molecule has 24 heavy (non-hydrogen) atoms. The van der Waals surface area contributed by atoms with Gasteiger partial charge in [0.2, 0.25) is 0 Å². The first-order valence-corrected chi connectivity index (χ1v) is 7.46. The Hall–Kier alpha value is -2.73. The van der Waals surface area contributed by atoms with E-state index in [1.807, 2.05) is 31.2 Å². The van der Waals surface area contributed by atoms with Crippen LogP contribution in [0.2, 0.25) is 5.02 Å². The zero-order valence-electron chi connectivity index (χ0n) is 12.8. The topological polar surface area (TPSA) is 70.6 Å². The number of benzene rings is 2. The van der Waals surface area contributed by atoms with Crippen molar-refractivity contribution in [1.29, 1.82) is 0 Å². The van der Waals surface area contributed by atoms with Crippen molar-refractivity contribution in [1.82, 2.24) is 10.7 Å². The van der Waals surface area contributed by atoms with Gasteiger partial charge < -0.3 is 5.32 Å². The van der Waals surface area contributed by atoms with Crippen LogP contribution in [0.5, 0.6) is 0 Å². The summed E-state index contributed by atoms with van der Waals surface area (Å²) in [6.45, 7) is 1.61. The Bertz CT molecular complexity index is 756. The Balaban J connectivity index is 1.85. The van der Waals surface area contributed by atoms with Gasteiger partial charge in [-0.15, -0.1) is 0 Å². The second-order valence-electron chi connectivity index (χ2n) is 4.98. The van der Waals surface area contributed by atoms with Crippen molar-refractivity contribution in [3.63, 3.8) is 0 Å². The van der Waals surface area contributed by atoms with Crippen LogP contribution < -0.4 is 10.7 Å². The standard InChI is InChI=1S/C17H15ClFN3O2/c1-11-5-7-12(8-6-11)9-21-22-15(23)10-20-17(24)16-13(18)3-2-4-14(16)19/h2-9H,10H2,1H3,(H,20,24)(H,22,23)/b21-9+. The van der Waals surface area contributed by atoms with Gasteiger partial charge in [-0.1, -0.05) is 47.5 Å². The molecule has 0 aromatic heterocycles. The molecule has 0 radical (unpaired) electrons. The second kappa shape index (κ2) is 8.21. The molecule has 0 spiro atoms. The Morgan fingerprint density at radius 3 is 2.58 bits per heavy atom. The molecule has 0 heterocycles. The highest BCUT2D eigenvalue weighted by molar-refractivity contribution is 6.33. The van der Waals surface area contributed by atoms with Crippen molar-refractivity contribution in [2.75, 3.05) is 6.54 Å². The van der Waals surface area contributed by atoms with E-state index in [0.717, 1.165) is 17.2 Å². The van der Waals surface area contributed by atoms with E-state index in [-0.39, 0.29) is 17.1 Å². The molecule has 0 aliphatic carbocycles. The van der Waals surface area contributed by atoms with Crippen molar-refractivity contribution >= 4 is 29.6 Å². The highest BCUT2D eigenvalue weighted by Gasteiger charge is 2.16. The summed E-state index contributed by atoms with van der Waals surface area (Å²) in [5.74, 6) is -2.06. The molecule has 0 unspecified atom stereocenters. The molecule has 0 saturated heterocycles. The molecule has 2 rings (SSSR count). The summed E-state index contributed by atoms with van der Waals surface area (Å²) in [4.78, 5) is 23.5. The summed E-state index contributed by atoms with van der Waals surface area (Å²) in [7, 11) is 0. The first-order valence-electron chi connectivity index (χ1n) is 7.08. The summed E-state index contributed by atoms with van der Waals surface area (Å²) < 4.78 is 13.6. The van der Waals surface area contributed by atoms with Gasteiger partial charge in [-0.25, -0.2) is 9.82 Å². The third kappa shape index (κ3) is 4.89. The first-order chi connectivity index (χ1) is 11.5. The molecule has 5 nitrogen and oxygen atoms in total. The molecular formula is C17H15ClFN3O2. The molecule has 2 aromatic carbocycles. The normalized spacial score (nSPS) is 10.6. The molecule has 2 amide bonds. The number of carbonyl (C=O) groups excluding carboxylic acids is 2. The number of carbonyl (C=O) groups is 2. The van der Waals surface area contributed by atoms with E-state index in [1.54, 1.807) is 0 Å². The average Bonchev–Trinajstić information content (AvgIpc) is 2.54. The molecule has 0 saturated carbocycles. The predicted octanol–water partition coefficient (Wildman–Crippen LogP) is 2.67. The fourth-order valence-electron chi connectivity index (χ4n) is 1.83. The monoisotopic (exact) mass is 347 g/mol. The van der Waals surface area contributed by atoms with E-state index in [0.29, 0.717) is 0 Å². The minimum atomic E-state index is -0.768. The van der Waals surface area contributed by atoms with Crippen LogP contribution in [0.1, 0.15) is 21.5 Å². The van der Waals surface area contributed by atoms with Crippen LogP contribution in [-0.4, -0.2) is 24.6 Å². The van der Waals surface area contributed by atoms with Gasteiger partial charge in [0.05, 0.1) is 23.3 Å². The number of nitrogens with one attached hydrogen (secondary N) is 2. The van der Waals surface area contributed by atoms with E-state index in [1.165, 1.54) is 18.3 Å². The lowest BCUT2D eigenvalue weighted by Gasteiger charge is -2.06. The molecule has 2 N–H and O–H groups in total. The van der Waals surface area contributed by atoms with Crippen molar-refractivity contribution in [2.24, 2.45) is 5.10 Å². The lowest BCUT2D eigenvalue weighted by atomic mass is 10.2. The van der Waals surface area contributed by atoms with Crippen LogP contribution in [-0.2, 0) is 4.79 Å². The zero-order chi connectivity index (χ0) is 17.5. The van der Waals surface area contributed by atoms with Crippen LogP contribution in [0, 0.1) is 12.7 Å². The maximum absolute atomic E-state index is 13.6. The third-order valence-corrected chi connectivity index (χ3v) is 3.39. The minimum Gasteiger partial charge on any atom is -0.343 e. The SMILES string of the molecule is Cc1ccc(/C=N/NC(=O)CNC(=O)c2c(F)cccc2Cl)cc1.